The van der Waals surface area contributed by atoms with Crippen LogP contribution in [-0.2, 0) is 19.2 Å². The molecule has 0 spiro atoms. The molecule has 0 aliphatic heterocycles. The van der Waals surface area contributed by atoms with Crippen LogP contribution in [0.4, 0.5) is 0 Å². The number of rotatable bonds is 3. The summed E-state index contributed by atoms with van der Waals surface area (Å²) in [5.41, 5.74) is 6.89. The lowest BCUT2D eigenvalue weighted by Crippen LogP contribution is -2.17. The first-order chi connectivity index (χ1) is 15.8. The van der Waals surface area contributed by atoms with Crippen LogP contribution in [0.15, 0.2) is 111 Å². The van der Waals surface area contributed by atoms with Gasteiger partial charge in [-0.25, -0.2) is 15.0 Å². The minimum absolute atomic E-state index is 0.0968. The van der Waals surface area contributed by atoms with Crippen molar-refractivity contribution in [2.45, 2.75) is 0 Å². The maximum atomic E-state index is 12.4. The van der Waals surface area contributed by atoms with E-state index in [0.717, 1.165) is 0 Å². The Morgan fingerprint density at radius 2 is 0.909 bits per heavy atom. The summed E-state index contributed by atoms with van der Waals surface area (Å²) in [6, 6.07) is 0. The minimum Gasteiger partial charge on any atom is -0.399 e. The minimum atomic E-state index is -0.489. The second kappa shape index (κ2) is 8.67. The highest BCUT2D eigenvalue weighted by molar-refractivity contribution is 6.52. The monoisotopic (exact) mass is 437 g/mol. The molecule has 0 saturated carbocycles. The smallest absolute Gasteiger partial charge is 0.206 e. The van der Waals surface area contributed by atoms with Crippen LogP contribution in [0.5, 0.6) is 0 Å². The summed E-state index contributed by atoms with van der Waals surface area (Å²) in [7, 11) is 0. The molecule has 9 heteroatoms. The van der Waals surface area contributed by atoms with E-state index in [1.54, 1.807) is 6.08 Å². The summed E-state index contributed by atoms with van der Waals surface area (Å²) in [5.74, 6) is -1.72. The Morgan fingerprint density at radius 1 is 0.515 bits per heavy atom. The largest absolute Gasteiger partial charge is 0.399 e. The van der Waals surface area contributed by atoms with Gasteiger partial charge in [-0.3, -0.25) is 24.6 Å². The fraction of sp³-hybridized carbons (Fsp3) is 0. The van der Waals surface area contributed by atoms with Crippen LogP contribution in [0, 0.1) is 5.41 Å². The number of nitrogens with zero attached hydrogens (tertiary/aromatic N) is 3. The Bertz CT molecular complexity index is 1390. The predicted molar refractivity (Wildman–Crippen MR) is 123 cm³/mol. The number of ketones is 4. The zero-order valence-corrected chi connectivity index (χ0v) is 17.0. The Hall–Kier alpha value is -4.92. The Balaban J connectivity index is 1.48. The molecule has 0 aromatic heterocycles. The van der Waals surface area contributed by atoms with Crippen molar-refractivity contribution in [1.29, 1.82) is 5.41 Å². The molecular formula is C24H15N5O4. The van der Waals surface area contributed by atoms with E-state index < -0.39 is 17.3 Å². The topological polar surface area (TPSA) is 155 Å². The molecule has 0 radical (unpaired) electrons. The van der Waals surface area contributed by atoms with Crippen molar-refractivity contribution < 1.29 is 19.2 Å². The maximum absolute atomic E-state index is 12.4. The molecule has 0 unspecified atom stereocenters. The second-order valence-electron chi connectivity index (χ2n) is 7.05. The van der Waals surface area contributed by atoms with Gasteiger partial charge in [-0.15, -0.1) is 0 Å². The van der Waals surface area contributed by atoms with E-state index in [-0.39, 0.29) is 45.7 Å². The molecule has 0 aromatic carbocycles. The van der Waals surface area contributed by atoms with Gasteiger partial charge in [0.2, 0.25) is 23.1 Å². The zero-order valence-electron chi connectivity index (χ0n) is 17.0. The fourth-order valence-corrected chi connectivity index (χ4v) is 2.95. The van der Waals surface area contributed by atoms with E-state index >= 15 is 0 Å². The van der Waals surface area contributed by atoms with Crippen LogP contribution in [0.25, 0.3) is 0 Å². The van der Waals surface area contributed by atoms with Crippen molar-refractivity contribution in [3.8, 4) is 0 Å². The first-order valence-corrected chi connectivity index (χ1v) is 9.65. The molecule has 3 N–H and O–H groups in total. The number of carbonyl (C=O) groups is 4. The fourth-order valence-electron chi connectivity index (χ4n) is 2.95. The van der Waals surface area contributed by atoms with Gasteiger partial charge >= 0.3 is 0 Å². The van der Waals surface area contributed by atoms with Gasteiger partial charge < -0.3 is 5.73 Å². The van der Waals surface area contributed by atoms with Gasteiger partial charge in [-0.2, -0.15) is 0 Å². The molecular weight excluding hydrogens is 422 g/mol. The van der Waals surface area contributed by atoms with E-state index in [9.17, 15) is 19.2 Å². The van der Waals surface area contributed by atoms with Crippen molar-refractivity contribution in [3.63, 3.8) is 0 Å². The third-order valence-electron chi connectivity index (χ3n) is 4.58. The number of carbonyl (C=O) groups excluding carboxylic acids is 4. The summed E-state index contributed by atoms with van der Waals surface area (Å²) >= 11 is 0. The highest BCUT2D eigenvalue weighted by Crippen LogP contribution is 2.15. The van der Waals surface area contributed by atoms with Gasteiger partial charge in [-0.1, -0.05) is 0 Å². The summed E-state index contributed by atoms with van der Waals surface area (Å²) in [4.78, 5) is 60.8. The lowest BCUT2D eigenvalue weighted by Gasteiger charge is -2.09. The highest BCUT2D eigenvalue weighted by Gasteiger charge is 2.18. The van der Waals surface area contributed by atoms with Crippen molar-refractivity contribution in [2.75, 3.05) is 0 Å². The van der Waals surface area contributed by atoms with Gasteiger partial charge in [0.05, 0.1) is 17.1 Å². The highest BCUT2D eigenvalue weighted by atomic mass is 16.1. The number of nitrogens with one attached hydrogen (secondary N) is 1. The van der Waals surface area contributed by atoms with Gasteiger partial charge in [0.1, 0.15) is 22.8 Å². The quantitative estimate of drug-likeness (QED) is 0.638. The van der Waals surface area contributed by atoms with Crippen LogP contribution in [0.3, 0.4) is 0 Å². The Morgan fingerprint density at radius 3 is 1.33 bits per heavy atom. The molecule has 9 nitrogen and oxygen atoms in total. The van der Waals surface area contributed by atoms with Crippen molar-refractivity contribution in [1.82, 2.24) is 0 Å². The molecule has 160 valence electrons. The molecule has 4 aliphatic carbocycles. The average Bonchev–Trinajstić information content (AvgIpc) is 2.76. The molecule has 0 fully saturated rings. The standard InChI is InChI=1S/C24H15N5O4/c25-13-1-6-18(22(31)9-13)28-15-3-8-20(24(33)11-15)29-16-4-7-19(23(32)12-16)27-14-2-5-17(26)21(30)10-14/h1-12,26H,25H2. The van der Waals surface area contributed by atoms with Gasteiger partial charge in [0, 0.05) is 30.0 Å². The second-order valence-corrected chi connectivity index (χ2v) is 7.05. The lowest BCUT2D eigenvalue weighted by molar-refractivity contribution is -0.109. The summed E-state index contributed by atoms with van der Waals surface area (Å²) < 4.78 is 0. The molecule has 0 bridgehead atoms. The van der Waals surface area contributed by atoms with Crippen LogP contribution in [0.1, 0.15) is 0 Å². The van der Waals surface area contributed by atoms with Crippen LogP contribution in [0.2, 0.25) is 0 Å². The first kappa shape index (κ1) is 21.3. The lowest BCUT2D eigenvalue weighted by atomic mass is 10.1. The molecule has 0 heterocycles. The summed E-state index contributed by atoms with van der Waals surface area (Å²) in [6.45, 7) is 0. The number of hydrogen-bond acceptors (Lipinski definition) is 9. The van der Waals surface area contributed by atoms with E-state index in [1.165, 1.54) is 66.8 Å². The van der Waals surface area contributed by atoms with Crippen LogP contribution < -0.4 is 5.73 Å². The Kier molecular flexibility index (Phi) is 5.60. The third-order valence-corrected chi connectivity index (χ3v) is 4.58. The molecule has 0 saturated heterocycles. The number of nitrogens with two attached hydrogens (primary N) is 1. The van der Waals surface area contributed by atoms with Crippen molar-refractivity contribution in [3.05, 3.63) is 95.7 Å². The van der Waals surface area contributed by atoms with E-state index in [2.05, 4.69) is 15.0 Å². The molecule has 4 aliphatic rings. The number of aliphatic imine (C=N–C) groups is 3. The number of allylic oxidation sites excluding steroid dienone is 12. The van der Waals surface area contributed by atoms with Gasteiger partial charge in [0.25, 0.3) is 0 Å². The van der Waals surface area contributed by atoms with Crippen molar-refractivity contribution in [2.24, 2.45) is 20.7 Å². The first-order valence-electron chi connectivity index (χ1n) is 9.65. The number of hydrogen-bond donors (Lipinski definition) is 2. The van der Waals surface area contributed by atoms with Crippen molar-refractivity contribution >= 4 is 46.0 Å². The van der Waals surface area contributed by atoms with Gasteiger partial charge in [-0.05, 0) is 48.6 Å². The maximum Gasteiger partial charge on any atom is 0.206 e. The average molecular weight is 437 g/mol. The molecule has 0 aromatic rings. The normalized spacial score (nSPS) is 24.0. The van der Waals surface area contributed by atoms with Gasteiger partial charge in [0.15, 0.2) is 0 Å². The van der Waals surface area contributed by atoms with E-state index in [0.29, 0.717) is 5.70 Å². The molecule has 0 atom stereocenters. The van der Waals surface area contributed by atoms with E-state index in [1.807, 2.05) is 0 Å². The summed E-state index contributed by atoms with van der Waals surface area (Å²) in [6.07, 6.45) is 16.6. The zero-order chi connectivity index (χ0) is 23.5. The Labute approximate surface area is 187 Å². The molecule has 33 heavy (non-hydrogen) atoms. The predicted octanol–water partition coefficient (Wildman–Crippen LogP) is 1.38. The molecule has 0 amide bonds. The van der Waals surface area contributed by atoms with Crippen LogP contribution >= 0.6 is 0 Å². The third kappa shape index (κ3) is 4.88. The summed E-state index contributed by atoms with van der Waals surface area (Å²) in [5, 5.41) is 7.40. The van der Waals surface area contributed by atoms with E-state index in [4.69, 9.17) is 11.1 Å². The SMILES string of the molecule is N=C1C=CC(N=C2C=CC(N=C3C=CC(N=C4C=CC(N)=CC4=O)=CC3=O)=CC2=O)=CC1=O. The molecule has 4 rings (SSSR count). The van der Waals surface area contributed by atoms with Crippen LogP contribution in [-0.4, -0.2) is 46.0 Å².